The first-order chi connectivity index (χ1) is 14.1. The molecule has 1 amide bonds. The zero-order chi connectivity index (χ0) is 20.6. The number of methoxy groups -OCH3 is 3. The molecule has 152 valence electrons. The zero-order valence-electron chi connectivity index (χ0n) is 16.3. The van der Waals surface area contributed by atoms with Crippen molar-refractivity contribution >= 4 is 17.7 Å². The predicted octanol–water partition coefficient (Wildman–Crippen LogP) is 2.10. The highest BCUT2D eigenvalue weighted by Crippen LogP contribution is 2.29. The highest BCUT2D eigenvalue weighted by Gasteiger charge is 2.15. The van der Waals surface area contributed by atoms with Crippen LogP contribution in [-0.2, 0) is 11.3 Å². The number of nitrogens with zero attached hydrogens (tertiary/aromatic N) is 4. The van der Waals surface area contributed by atoms with E-state index in [1.165, 1.54) is 16.4 Å². The van der Waals surface area contributed by atoms with Crippen molar-refractivity contribution in [2.75, 3.05) is 27.1 Å². The largest absolute Gasteiger partial charge is 0.497 e. The number of carbonyl (C=O) groups excluding carboxylic acids is 1. The highest BCUT2D eigenvalue weighted by molar-refractivity contribution is 7.99. The Balaban J connectivity index is 1.60. The topological polar surface area (TPSA) is 100 Å². The Hall–Kier alpha value is -3.27. The Labute approximate surface area is 172 Å². The lowest BCUT2D eigenvalue weighted by Gasteiger charge is -2.11. The van der Waals surface area contributed by atoms with Gasteiger partial charge in [-0.2, -0.15) is 4.68 Å². The van der Waals surface area contributed by atoms with Gasteiger partial charge < -0.3 is 19.5 Å². The van der Waals surface area contributed by atoms with Gasteiger partial charge in [0.05, 0.1) is 27.1 Å². The Bertz CT molecular complexity index is 961. The molecule has 0 saturated heterocycles. The first kappa shape index (κ1) is 20.5. The molecule has 1 N–H and O–H groups in total. The van der Waals surface area contributed by atoms with Gasteiger partial charge in [-0.05, 0) is 40.3 Å². The van der Waals surface area contributed by atoms with E-state index in [4.69, 9.17) is 14.2 Å². The van der Waals surface area contributed by atoms with Gasteiger partial charge in [0.1, 0.15) is 22.9 Å². The zero-order valence-corrected chi connectivity index (χ0v) is 17.1. The Morgan fingerprint density at radius 3 is 2.45 bits per heavy atom. The van der Waals surface area contributed by atoms with E-state index in [9.17, 15) is 4.79 Å². The maximum Gasteiger partial charge on any atom is 0.230 e. The van der Waals surface area contributed by atoms with Crippen LogP contribution in [0.5, 0.6) is 17.2 Å². The first-order valence-corrected chi connectivity index (χ1v) is 9.66. The molecule has 1 heterocycles. The molecule has 0 radical (unpaired) electrons. The average molecular weight is 415 g/mol. The number of hydrogen-bond donors (Lipinski definition) is 1. The smallest absolute Gasteiger partial charge is 0.230 e. The maximum absolute atomic E-state index is 12.2. The second kappa shape index (κ2) is 9.78. The van der Waals surface area contributed by atoms with Crippen molar-refractivity contribution in [3.8, 4) is 22.9 Å². The van der Waals surface area contributed by atoms with Gasteiger partial charge in [-0.3, -0.25) is 4.79 Å². The number of aromatic nitrogens is 4. The van der Waals surface area contributed by atoms with Gasteiger partial charge in [0.2, 0.25) is 11.1 Å². The lowest BCUT2D eigenvalue weighted by molar-refractivity contribution is -0.118. The maximum atomic E-state index is 12.2. The van der Waals surface area contributed by atoms with Crippen molar-refractivity contribution < 1.29 is 19.0 Å². The molecular weight excluding hydrogens is 394 g/mol. The summed E-state index contributed by atoms with van der Waals surface area (Å²) in [4.78, 5) is 12.2. The van der Waals surface area contributed by atoms with E-state index in [1.54, 1.807) is 39.5 Å². The van der Waals surface area contributed by atoms with E-state index in [2.05, 4.69) is 20.8 Å². The molecule has 0 aliphatic rings. The summed E-state index contributed by atoms with van der Waals surface area (Å²) < 4.78 is 17.3. The summed E-state index contributed by atoms with van der Waals surface area (Å²) in [7, 11) is 4.75. The number of hydrogen-bond acceptors (Lipinski definition) is 8. The van der Waals surface area contributed by atoms with Crippen molar-refractivity contribution in [1.29, 1.82) is 0 Å². The highest BCUT2D eigenvalue weighted by atomic mass is 32.2. The first-order valence-electron chi connectivity index (χ1n) is 8.67. The molecule has 0 unspecified atom stereocenters. The van der Waals surface area contributed by atoms with Crippen LogP contribution in [-0.4, -0.2) is 53.2 Å². The minimum absolute atomic E-state index is 0.123. The van der Waals surface area contributed by atoms with Crippen LogP contribution in [0.3, 0.4) is 0 Å². The summed E-state index contributed by atoms with van der Waals surface area (Å²) in [5.41, 5.74) is 1.64. The third kappa shape index (κ3) is 5.17. The molecule has 0 saturated carbocycles. The van der Waals surface area contributed by atoms with Crippen molar-refractivity contribution in [2.24, 2.45) is 0 Å². The predicted molar refractivity (Wildman–Crippen MR) is 108 cm³/mol. The molecule has 10 heteroatoms. The lowest BCUT2D eigenvalue weighted by Crippen LogP contribution is -2.24. The molecule has 0 atom stereocenters. The molecule has 9 nitrogen and oxygen atoms in total. The van der Waals surface area contributed by atoms with Crippen LogP contribution in [0.4, 0.5) is 0 Å². The molecule has 0 aliphatic carbocycles. The van der Waals surface area contributed by atoms with Gasteiger partial charge in [-0.1, -0.05) is 23.9 Å². The van der Waals surface area contributed by atoms with Gasteiger partial charge in [0.15, 0.2) is 0 Å². The van der Waals surface area contributed by atoms with Gasteiger partial charge in [0, 0.05) is 12.6 Å². The average Bonchev–Trinajstić information content (AvgIpc) is 3.24. The fourth-order valence-electron chi connectivity index (χ4n) is 2.51. The molecule has 1 aromatic heterocycles. The molecule has 0 spiro atoms. The molecule has 3 aromatic rings. The van der Waals surface area contributed by atoms with Gasteiger partial charge in [-0.15, -0.1) is 5.10 Å². The monoisotopic (exact) mass is 415 g/mol. The number of tetrazole rings is 1. The molecular formula is C19H21N5O4S. The standard InChI is InChI=1S/C19H21N5O4S/c1-26-14-6-4-13(5-7-14)11-20-18(25)12-29-19-21-22-23-24(19)16-9-8-15(27-2)10-17(16)28-3/h4-10H,11-12H2,1-3H3,(H,20,25). The number of thioether (sulfide) groups is 1. The summed E-state index contributed by atoms with van der Waals surface area (Å²) in [5, 5.41) is 15.1. The van der Waals surface area contributed by atoms with Crippen LogP contribution < -0.4 is 19.5 Å². The van der Waals surface area contributed by atoms with E-state index in [0.717, 1.165) is 11.3 Å². The summed E-state index contributed by atoms with van der Waals surface area (Å²) >= 11 is 1.24. The normalized spacial score (nSPS) is 10.4. The minimum atomic E-state index is -0.123. The number of benzene rings is 2. The van der Waals surface area contributed by atoms with Crippen molar-refractivity contribution in [3.63, 3.8) is 0 Å². The van der Waals surface area contributed by atoms with Crippen LogP contribution in [0, 0.1) is 0 Å². The van der Waals surface area contributed by atoms with Crippen LogP contribution in [0.25, 0.3) is 5.69 Å². The second-order valence-corrected chi connectivity index (χ2v) is 6.77. The fraction of sp³-hybridized carbons (Fsp3) is 0.263. The van der Waals surface area contributed by atoms with Crippen LogP contribution in [0.1, 0.15) is 5.56 Å². The van der Waals surface area contributed by atoms with E-state index in [-0.39, 0.29) is 11.7 Å². The Morgan fingerprint density at radius 2 is 1.76 bits per heavy atom. The number of carbonyl (C=O) groups is 1. The number of rotatable bonds is 9. The minimum Gasteiger partial charge on any atom is -0.497 e. The molecule has 0 fully saturated rings. The quantitative estimate of drug-likeness (QED) is 0.530. The fourth-order valence-corrected chi connectivity index (χ4v) is 3.22. The van der Waals surface area contributed by atoms with E-state index in [0.29, 0.717) is 28.9 Å². The third-order valence-corrected chi connectivity index (χ3v) is 4.96. The number of amides is 1. The van der Waals surface area contributed by atoms with Crippen LogP contribution in [0.15, 0.2) is 47.6 Å². The van der Waals surface area contributed by atoms with Crippen LogP contribution >= 0.6 is 11.8 Å². The van der Waals surface area contributed by atoms with Gasteiger partial charge in [0.25, 0.3) is 0 Å². The molecule has 0 bridgehead atoms. The van der Waals surface area contributed by atoms with Crippen molar-refractivity contribution in [1.82, 2.24) is 25.5 Å². The van der Waals surface area contributed by atoms with Gasteiger partial charge in [-0.25, -0.2) is 0 Å². The Kier molecular flexibility index (Phi) is 6.90. The molecule has 3 rings (SSSR count). The summed E-state index contributed by atoms with van der Waals surface area (Å²) in [6, 6.07) is 12.8. The molecule has 2 aromatic carbocycles. The third-order valence-electron chi connectivity index (χ3n) is 4.04. The van der Waals surface area contributed by atoms with Crippen molar-refractivity contribution in [2.45, 2.75) is 11.7 Å². The number of ether oxygens (including phenoxy) is 3. The van der Waals surface area contributed by atoms with E-state index in [1.807, 2.05) is 24.3 Å². The molecule has 29 heavy (non-hydrogen) atoms. The summed E-state index contributed by atoms with van der Waals surface area (Å²) in [6.45, 7) is 0.431. The lowest BCUT2D eigenvalue weighted by atomic mass is 10.2. The summed E-state index contributed by atoms with van der Waals surface area (Å²) in [5.74, 6) is 2.04. The van der Waals surface area contributed by atoms with Gasteiger partial charge >= 0.3 is 0 Å². The Morgan fingerprint density at radius 1 is 1.03 bits per heavy atom. The van der Waals surface area contributed by atoms with E-state index >= 15 is 0 Å². The van der Waals surface area contributed by atoms with Crippen LogP contribution in [0.2, 0.25) is 0 Å². The van der Waals surface area contributed by atoms with Crippen molar-refractivity contribution in [3.05, 3.63) is 48.0 Å². The molecule has 0 aliphatic heterocycles. The number of nitrogens with one attached hydrogen (secondary N) is 1. The second-order valence-electron chi connectivity index (χ2n) is 5.82. The SMILES string of the molecule is COc1ccc(CNC(=O)CSc2nnnn2-c2ccc(OC)cc2OC)cc1. The van der Waals surface area contributed by atoms with E-state index < -0.39 is 0 Å². The summed E-state index contributed by atoms with van der Waals surface area (Å²) in [6.07, 6.45) is 0.